The van der Waals surface area contributed by atoms with E-state index in [0.717, 1.165) is 0 Å². The third kappa shape index (κ3) is 3.68. The summed E-state index contributed by atoms with van der Waals surface area (Å²) in [4.78, 5) is 19.1. The van der Waals surface area contributed by atoms with Crippen LogP contribution in [0.3, 0.4) is 0 Å². The van der Waals surface area contributed by atoms with Gasteiger partial charge in [-0.1, -0.05) is 11.6 Å². The molecule has 6 nitrogen and oxygen atoms in total. The number of carboxylic acid groups (broad SMARTS) is 1. The highest BCUT2D eigenvalue weighted by Gasteiger charge is 2.21. The van der Waals surface area contributed by atoms with E-state index in [4.69, 9.17) is 16.0 Å². The Hall–Kier alpha value is -1.60. The fourth-order valence-corrected chi connectivity index (χ4v) is 2.08. The summed E-state index contributed by atoms with van der Waals surface area (Å²) in [6, 6.07) is 2.53. The summed E-state index contributed by atoms with van der Waals surface area (Å²) in [5, 5.41) is 12.2. The molecule has 2 N–H and O–H groups in total. The van der Waals surface area contributed by atoms with Crippen molar-refractivity contribution in [2.24, 2.45) is 0 Å². The minimum absolute atomic E-state index is 0.194. The highest BCUT2D eigenvalue weighted by Crippen LogP contribution is 2.20. The van der Waals surface area contributed by atoms with E-state index in [1.807, 2.05) is 0 Å². The summed E-state index contributed by atoms with van der Waals surface area (Å²) in [7, 11) is 0. The normalized spacial score (nSPS) is 12.1. The number of furan rings is 1. The molecule has 2 aromatic rings. The molecule has 2 heterocycles. The summed E-state index contributed by atoms with van der Waals surface area (Å²) in [5.41, 5.74) is 0. The molecule has 0 saturated carbocycles. The van der Waals surface area contributed by atoms with Gasteiger partial charge in [-0.2, -0.15) is 0 Å². The lowest BCUT2D eigenvalue weighted by atomic mass is 10.1. The molecule has 0 aliphatic carbocycles. The van der Waals surface area contributed by atoms with Crippen molar-refractivity contribution in [3.05, 3.63) is 40.1 Å². The molecule has 0 fully saturated rings. The Kier molecular flexibility index (Phi) is 4.39. The maximum atomic E-state index is 11.2. The SMILES string of the molecule is O=C(O)C(Cc1ccco1)Nc1ncc(Cl)nc1Br. The minimum Gasteiger partial charge on any atom is -0.480 e. The van der Waals surface area contributed by atoms with Gasteiger partial charge >= 0.3 is 5.97 Å². The van der Waals surface area contributed by atoms with E-state index in [1.54, 1.807) is 12.1 Å². The van der Waals surface area contributed by atoms with Crippen LogP contribution in [-0.2, 0) is 11.2 Å². The fraction of sp³-hybridized carbons (Fsp3) is 0.182. The zero-order valence-electron chi connectivity index (χ0n) is 9.51. The van der Waals surface area contributed by atoms with Crippen LogP contribution in [0.4, 0.5) is 5.82 Å². The summed E-state index contributed by atoms with van der Waals surface area (Å²) < 4.78 is 5.48. The maximum Gasteiger partial charge on any atom is 0.326 e. The topological polar surface area (TPSA) is 88.2 Å². The van der Waals surface area contributed by atoms with Crippen LogP contribution in [0.2, 0.25) is 5.15 Å². The molecule has 0 amide bonds. The molecular formula is C11H9BrClN3O3. The number of nitrogens with one attached hydrogen (secondary N) is 1. The van der Waals surface area contributed by atoms with Gasteiger partial charge in [0, 0.05) is 6.42 Å². The molecule has 0 bridgehead atoms. The molecule has 1 atom stereocenters. The van der Waals surface area contributed by atoms with Crippen LogP contribution in [0, 0.1) is 0 Å². The van der Waals surface area contributed by atoms with Gasteiger partial charge in [0.05, 0.1) is 12.5 Å². The maximum absolute atomic E-state index is 11.2. The van der Waals surface area contributed by atoms with Gasteiger partial charge in [-0.25, -0.2) is 14.8 Å². The first-order valence-corrected chi connectivity index (χ1v) is 6.43. The number of carbonyl (C=O) groups is 1. The Morgan fingerprint density at radius 2 is 2.42 bits per heavy atom. The Bertz CT molecular complexity index is 577. The number of nitrogens with zero attached hydrogens (tertiary/aromatic N) is 2. The molecule has 100 valence electrons. The van der Waals surface area contributed by atoms with E-state index in [1.165, 1.54) is 12.5 Å². The van der Waals surface area contributed by atoms with Crippen molar-refractivity contribution in [1.29, 1.82) is 0 Å². The summed E-state index contributed by atoms with van der Waals surface area (Å²) >= 11 is 8.83. The average Bonchev–Trinajstić information content (AvgIpc) is 2.84. The third-order valence-corrected chi connectivity index (χ3v) is 3.03. The molecule has 1 unspecified atom stereocenters. The van der Waals surface area contributed by atoms with Crippen molar-refractivity contribution in [2.75, 3.05) is 5.32 Å². The van der Waals surface area contributed by atoms with Gasteiger partial charge in [0.2, 0.25) is 0 Å². The lowest BCUT2D eigenvalue weighted by Gasteiger charge is -2.14. The van der Waals surface area contributed by atoms with Gasteiger partial charge in [-0.3, -0.25) is 0 Å². The number of aromatic nitrogens is 2. The van der Waals surface area contributed by atoms with Crippen molar-refractivity contribution < 1.29 is 14.3 Å². The van der Waals surface area contributed by atoms with Crippen molar-refractivity contribution >= 4 is 39.3 Å². The minimum atomic E-state index is -1.01. The molecule has 2 aromatic heterocycles. The lowest BCUT2D eigenvalue weighted by Crippen LogP contribution is -2.32. The number of hydrogen-bond donors (Lipinski definition) is 2. The molecule has 0 saturated heterocycles. The zero-order valence-corrected chi connectivity index (χ0v) is 11.8. The van der Waals surface area contributed by atoms with Crippen molar-refractivity contribution in [3.8, 4) is 0 Å². The predicted molar refractivity (Wildman–Crippen MR) is 72.2 cm³/mol. The molecule has 0 aromatic carbocycles. The van der Waals surface area contributed by atoms with E-state index < -0.39 is 12.0 Å². The first-order chi connectivity index (χ1) is 9.06. The van der Waals surface area contributed by atoms with E-state index in [-0.39, 0.29) is 11.6 Å². The van der Waals surface area contributed by atoms with Gasteiger partial charge in [-0.15, -0.1) is 0 Å². The first-order valence-electron chi connectivity index (χ1n) is 5.26. The largest absolute Gasteiger partial charge is 0.480 e. The molecular weight excluding hydrogens is 337 g/mol. The van der Waals surface area contributed by atoms with E-state index >= 15 is 0 Å². The Balaban J connectivity index is 2.14. The van der Waals surface area contributed by atoms with Crippen molar-refractivity contribution in [2.45, 2.75) is 12.5 Å². The average molecular weight is 347 g/mol. The molecule has 19 heavy (non-hydrogen) atoms. The standard InChI is InChI=1S/C11H9BrClN3O3/c12-9-10(14-5-8(13)16-9)15-7(11(17)18)4-6-2-1-3-19-6/h1-3,5,7H,4H2,(H,14,15)(H,17,18). The number of aliphatic carboxylic acids is 1. The van der Waals surface area contributed by atoms with E-state index in [0.29, 0.717) is 16.2 Å². The van der Waals surface area contributed by atoms with Crippen LogP contribution < -0.4 is 5.32 Å². The Morgan fingerprint density at radius 3 is 3.00 bits per heavy atom. The Morgan fingerprint density at radius 1 is 1.63 bits per heavy atom. The van der Waals surface area contributed by atoms with Crippen molar-refractivity contribution in [3.63, 3.8) is 0 Å². The van der Waals surface area contributed by atoms with E-state index in [9.17, 15) is 9.90 Å². The smallest absolute Gasteiger partial charge is 0.326 e. The summed E-state index contributed by atoms with van der Waals surface area (Å²) in [5.74, 6) is -0.138. The number of anilines is 1. The highest BCUT2D eigenvalue weighted by atomic mass is 79.9. The second-order valence-corrected chi connectivity index (χ2v) is 4.79. The van der Waals surface area contributed by atoms with Crippen LogP contribution in [0.5, 0.6) is 0 Å². The monoisotopic (exact) mass is 345 g/mol. The molecule has 8 heteroatoms. The Labute approximate surface area is 121 Å². The van der Waals surface area contributed by atoms with Crippen molar-refractivity contribution in [1.82, 2.24) is 9.97 Å². The van der Waals surface area contributed by atoms with Gasteiger partial charge in [0.25, 0.3) is 0 Å². The molecule has 0 aliphatic rings. The fourth-order valence-electron chi connectivity index (χ4n) is 1.44. The number of carboxylic acids is 1. The van der Waals surface area contributed by atoms with Crippen LogP contribution in [0.1, 0.15) is 5.76 Å². The van der Waals surface area contributed by atoms with Gasteiger partial charge in [0.15, 0.2) is 5.82 Å². The number of hydrogen-bond acceptors (Lipinski definition) is 5. The van der Waals surface area contributed by atoms with Gasteiger partial charge in [-0.05, 0) is 28.1 Å². The molecule has 0 spiro atoms. The lowest BCUT2D eigenvalue weighted by molar-refractivity contribution is -0.138. The van der Waals surface area contributed by atoms with Crippen LogP contribution in [0.15, 0.2) is 33.6 Å². The summed E-state index contributed by atoms with van der Waals surface area (Å²) in [6.45, 7) is 0. The molecule has 0 radical (unpaired) electrons. The highest BCUT2D eigenvalue weighted by molar-refractivity contribution is 9.10. The van der Waals surface area contributed by atoms with E-state index in [2.05, 4.69) is 31.2 Å². The quantitative estimate of drug-likeness (QED) is 0.865. The summed E-state index contributed by atoms with van der Waals surface area (Å²) in [6.07, 6.45) is 3.02. The third-order valence-electron chi connectivity index (χ3n) is 2.30. The van der Waals surface area contributed by atoms with Crippen LogP contribution in [-0.4, -0.2) is 27.1 Å². The second kappa shape index (κ2) is 6.03. The number of rotatable bonds is 5. The zero-order chi connectivity index (χ0) is 13.8. The number of halogens is 2. The van der Waals surface area contributed by atoms with Crippen LogP contribution in [0.25, 0.3) is 0 Å². The van der Waals surface area contributed by atoms with Gasteiger partial charge < -0.3 is 14.8 Å². The van der Waals surface area contributed by atoms with Crippen LogP contribution >= 0.6 is 27.5 Å². The van der Waals surface area contributed by atoms with Gasteiger partial charge in [0.1, 0.15) is 21.6 Å². The first kappa shape index (κ1) is 13.8. The molecule has 0 aliphatic heterocycles. The predicted octanol–water partition coefficient (Wildman–Crippen LogP) is 2.59. The second-order valence-electron chi connectivity index (χ2n) is 3.65. The molecule has 2 rings (SSSR count).